The Kier molecular flexibility index (Phi) is 8.30. The summed E-state index contributed by atoms with van der Waals surface area (Å²) in [5.41, 5.74) is 3.27. The molecular formula is C29H34O4. The lowest BCUT2D eigenvalue weighted by atomic mass is 9.74. The van der Waals surface area contributed by atoms with Crippen LogP contribution in [0.15, 0.2) is 91.0 Å². The van der Waals surface area contributed by atoms with Crippen LogP contribution in [-0.4, -0.2) is 29.5 Å². The minimum absolute atomic E-state index is 0.0168. The first kappa shape index (κ1) is 23.7. The summed E-state index contributed by atoms with van der Waals surface area (Å²) >= 11 is 0. The zero-order valence-electron chi connectivity index (χ0n) is 19.4. The minimum Gasteiger partial charge on any atom is -0.390 e. The third-order valence-corrected chi connectivity index (χ3v) is 6.73. The van der Waals surface area contributed by atoms with Crippen LogP contribution in [0.2, 0.25) is 0 Å². The van der Waals surface area contributed by atoms with Crippen LogP contribution in [0, 0.1) is 11.8 Å². The SMILES string of the molecule is C[C@H]1[C@H](O)[C@@H](OCc2ccccc2)[C@H](OCc2ccccc2)C(OCc2ccccc2)[C@H]1C. The van der Waals surface area contributed by atoms with E-state index < -0.39 is 12.2 Å². The molecule has 3 aromatic rings. The maximum atomic E-state index is 11.2. The normalized spacial score (nSPS) is 27.4. The van der Waals surface area contributed by atoms with Crippen molar-refractivity contribution in [1.82, 2.24) is 0 Å². The van der Waals surface area contributed by atoms with E-state index in [1.54, 1.807) is 0 Å². The second-order valence-corrected chi connectivity index (χ2v) is 8.99. The van der Waals surface area contributed by atoms with Crippen molar-refractivity contribution in [3.05, 3.63) is 108 Å². The van der Waals surface area contributed by atoms with Crippen molar-refractivity contribution in [2.45, 2.75) is 58.1 Å². The summed E-state index contributed by atoms with van der Waals surface area (Å²) in [5, 5.41) is 11.2. The van der Waals surface area contributed by atoms with Gasteiger partial charge in [0.1, 0.15) is 12.2 Å². The van der Waals surface area contributed by atoms with E-state index in [-0.39, 0.29) is 24.0 Å². The van der Waals surface area contributed by atoms with Crippen LogP contribution < -0.4 is 0 Å². The molecule has 1 aliphatic rings. The highest BCUT2D eigenvalue weighted by Gasteiger charge is 2.49. The molecule has 0 heterocycles. The molecule has 4 rings (SSSR count). The Labute approximate surface area is 197 Å². The zero-order chi connectivity index (χ0) is 23.0. The van der Waals surface area contributed by atoms with Crippen molar-refractivity contribution < 1.29 is 19.3 Å². The molecular weight excluding hydrogens is 412 g/mol. The van der Waals surface area contributed by atoms with Gasteiger partial charge in [-0.2, -0.15) is 0 Å². The van der Waals surface area contributed by atoms with Crippen molar-refractivity contribution in [2.75, 3.05) is 0 Å². The zero-order valence-corrected chi connectivity index (χ0v) is 19.4. The van der Waals surface area contributed by atoms with Gasteiger partial charge in [0.05, 0.1) is 32.0 Å². The number of aliphatic hydroxyl groups excluding tert-OH is 1. The number of aliphatic hydroxyl groups is 1. The largest absolute Gasteiger partial charge is 0.390 e. The van der Waals surface area contributed by atoms with E-state index >= 15 is 0 Å². The van der Waals surface area contributed by atoms with Gasteiger partial charge in [-0.05, 0) is 28.5 Å². The molecule has 3 aromatic carbocycles. The average Bonchev–Trinajstić information content (AvgIpc) is 2.87. The van der Waals surface area contributed by atoms with E-state index in [1.807, 2.05) is 78.9 Å². The van der Waals surface area contributed by atoms with Crippen molar-refractivity contribution >= 4 is 0 Å². The van der Waals surface area contributed by atoms with Gasteiger partial charge in [0.25, 0.3) is 0 Å². The summed E-state index contributed by atoms with van der Waals surface area (Å²) in [6.07, 6.45) is -1.71. The summed E-state index contributed by atoms with van der Waals surface area (Å²) < 4.78 is 19.2. The number of benzene rings is 3. The quantitative estimate of drug-likeness (QED) is 0.479. The Morgan fingerprint density at radius 3 is 1.30 bits per heavy atom. The fourth-order valence-corrected chi connectivity index (χ4v) is 4.52. The summed E-state index contributed by atoms with van der Waals surface area (Å²) in [6.45, 7) is 5.56. The second-order valence-electron chi connectivity index (χ2n) is 8.99. The molecule has 6 atom stereocenters. The van der Waals surface area contributed by atoms with Gasteiger partial charge < -0.3 is 19.3 Å². The number of rotatable bonds is 9. The van der Waals surface area contributed by atoms with Gasteiger partial charge in [-0.15, -0.1) is 0 Å². The lowest BCUT2D eigenvalue weighted by Crippen LogP contribution is -2.59. The third kappa shape index (κ3) is 6.10. The molecule has 0 bridgehead atoms. The maximum absolute atomic E-state index is 11.2. The Morgan fingerprint density at radius 2 is 0.879 bits per heavy atom. The fraction of sp³-hybridized carbons (Fsp3) is 0.379. The molecule has 0 amide bonds. The summed E-state index contributed by atoms with van der Waals surface area (Å²) in [6, 6.07) is 30.3. The monoisotopic (exact) mass is 446 g/mol. The molecule has 0 spiro atoms. The van der Waals surface area contributed by atoms with E-state index in [0.717, 1.165) is 16.7 Å². The predicted molar refractivity (Wildman–Crippen MR) is 129 cm³/mol. The highest BCUT2D eigenvalue weighted by atomic mass is 16.6. The highest BCUT2D eigenvalue weighted by Crippen LogP contribution is 2.37. The first-order valence-corrected chi connectivity index (χ1v) is 11.8. The number of hydrogen-bond donors (Lipinski definition) is 1. The van der Waals surface area contributed by atoms with E-state index in [9.17, 15) is 5.11 Å². The molecule has 1 fully saturated rings. The van der Waals surface area contributed by atoms with Crippen molar-refractivity contribution in [3.8, 4) is 0 Å². The molecule has 0 aromatic heterocycles. The highest BCUT2D eigenvalue weighted by molar-refractivity contribution is 5.16. The maximum Gasteiger partial charge on any atom is 0.113 e. The Balaban J connectivity index is 1.54. The molecule has 4 heteroatoms. The van der Waals surface area contributed by atoms with Crippen LogP contribution in [0.4, 0.5) is 0 Å². The van der Waals surface area contributed by atoms with Gasteiger partial charge in [0.2, 0.25) is 0 Å². The van der Waals surface area contributed by atoms with Gasteiger partial charge in [0.15, 0.2) is 0 Å². The van der Waals surface area contributed by atoms with Crippen molar-refractivity contribution in [1.29, 1.82) is 0 Å². The molecule has 33 heavy (non-hydrogen) atoms. The minimum atomic E-state index is -0.638. The molecule has 1 unspecified atom stereocenters. The standard InChI is InChI=1S/C29H34O4/c1-21-22(2)27(31-18-23-12-6-3-7-13-23)29(33-20-25-16-10-5-11-17-25)28(26(21)30)32-19-24-14-8-4-9-15-24/h3-17,21-22,26-30H,18-20H2,1-2H3/t21-,22+,26+,27?,28-,29-/m1/s1. The van der Waals surface area contributed by atoms with E-state index in [0.29, 0.717) is 19.8 Å². The van der Waals surface area contributed by atoms with Gasteiger partial charge in [0, 0.05) is 0 Å². The Hall–Kier alpha value is -2.50. The summed E-state index contributed by atoms with van der Waals surface area (Å²) in [5.74, 6) is 0.129. The molecule has 0 saturated heterocycles. The first-order chi connectivity index (χ1) is 16.1. The Bertz CT molecular complexity index is 890. The van der Waals surface area contributed by atoms with Gasteiger partial charge in [-0.3, -0.25) is 0 Å². The second kappa shape index (κ2) is 11.6. The Morgan fingerprint density at radius 1 is 0.515 bits per heavy atom. The molecule has 4 nitrogen and oxygen atoms in total. The lowest BCUT2D eigenvalue weighted by Gasteiger charge is -2.47. The molecule has 0 aliphatic heterocycles. The molecule has 0 radical (unpaired) electrons. The lowest BCUT2D eigenvalue weighted by molar-refractivity contribution is -0.232. The van der Waals surface area contributed by atoms with Crippen LogP contribution in [-0.2, 0) is 34.0 Å². The van der Waals surface area contributed by atoms with Gasteiger partial charge in [-0.1, -0.05) is 105 Å². The van der Waals surface area contributed by atoms with Crippen LogP contribution >= 0.6 is 0 Å². The molecule has 1 aliphatic carbocycles. The molecule has 1 saturated carbocycles. The fourth-order valence-electron chi connectivity index (χ4n) is 4.52. The topological polar surface area (TPSA) is 47.9 Å². The van der Waals surface area contributed by atoms with Crippen molar-refractivity contribution in [3.63, 3.8) is 0 Å². The number of ether oxygens (including phenoxy) is 3. The third-order valence-electron chi connectivity index (χ3n) is 6.73. The molecule has 174 valence electrons. The van der Waals surface area contributed by atoms with E-state index in [4.69, 9.17) is 14.2 Å². The predicted octanol–water partition coefficient (Wildman–Crippen LogP) is 5.39. The average molecular weight is 447 g/mol. The van der Waals surface area contributed by atoms with Crippen LogP contribution in [0.1, 0.15) is 30.5 Å². The summed E-state index contributed by atoms with van der Waals surface area (Å²) in [4.78, 5) is 0. The van der Waals surface area contributed by atoms with Gasteiger partial charge >= 0.3 is 0 Å². The van der Waals surface area contributed by atoms with Gasteiger partial charge in [-0.25, -0.2) is 0 Å². The van der Waals surface area contributed by atoms with Crippen LogP contribution in [0.5, 0.6) is 0 Å². The van der Waals surface area contributed by atoms with E-state index in [2.05, 4.69) is 26.0 Å². The van der Waals surface area contributed by atoms with Crippen LogP contribution in [0.3, 0.4) is 0 Å². The van der Waals surface area contributed by atoms with Crippen LogP contribution in [0.25, 0.3) is 0 Å². The smallest absolute Gasteiger partial charge is 0.113 e. The van der Waals surface area contributed by atoms with E-state index in [1.165, 1.54) is 0 Å². The summed E-state index contributed by atoms with van der Waals surface area (Å²) in [7, 11) is 0. The van der Waals surface area contributed by atoms with Crippen molar-refractivity contribution in [2.24, 2.45) is 11.8 Å². The number of hydrogen-bond acceptors (Lipinski definition) is 4. The first-order valence-electron chi connectivity index (χ1n) is 11.8. The molecule has 1 N–H and O–H groups in total.